The molecule has 1 aromatic carbocycles. The van der Waals surface area contributed by atoms with Crippen LogP contribution >= 0.6 is 0 Å². The Kier molecular flexibility index (Phi) is 5.87. The minimum absolute atomic E-state index is 0.0677. The van der Waals surface area contributed by atoms with E-state index in [1.807, 2.05) is 6.92 Å². The third-order valence-corrected chi connectivity index (χ3v) is 3.68. The zero-order chi connectivity index (χ0) is 15.1. The van der Waals surface area contributed by atoms with Crippen LogP contribution in [0.2, 0.25) is 0 Å². The highest BCUT2D eigenvalue weighted by atomic mass is 16.5. The Morgan fingerprint density at radius 3 is 2.95 bits per heavy atom. The minimum Gasteiger partial charge on any atom is -0.493 e. The Hall–Kier alpha value is -1.75. The van der Waals surface area contributed by atoms with E-state index in [2.05, 4.69) is 10.6 Å². The van der Waals surface area contributed by atoms with E-state index < -0.39 is 0 Å². The summed E-state index contributed by atoms with van der Waals surface area (Å²) in [6.45, 7) is 5.25. The van der Waals surface area contributed by atoms with Gasteiger partial charge >= 0.3 is 0 Å². The summed E-state index contributed by atoms with van der Waals surface area (Å²) >= 11 is 0. The number of ether oxygens (including phenoxy) is 2. The maximum Gasteiger partial charge on any atom is 0.251 e. The highest BCUT2D eigenvalue weighted by molar-refractivity contribution is 5.94. The predicted molar refractivity (Wildman–Crippen MR) is 82.1 cm³/mol. The molecule has 1 atom stereocenters. The van der Waals surface area contributed by atoms with Crippen LogP contribution in [-0.2, 0) is 0 Å². The fourth-order valence-electron chi connectivity index (χ4n) is 2.52. The molecule has 116 valence electrons. The van der Waals surface area contributed by atoms with Gasteiger partial charge in [0.05, 0.1) is 13.7 Å². The van der Waals surface area contributed by atoms with Crippen molar-refractivity contribution in [2.24, 2.45) is 5.92 Å². The van der Waals surface area contributed by atoms with Gasteiger partial charge in [-0.1, -0.05) is 0 Å². The summed E-state index contributed by atoms with van der Waals surface area (Å²) < 4.78 is 10.7. The number of amides is 1. The van der Waals surface area contributed by atoms with Crippen LogP contribution in [0.5, 0.6) is 11.5 Å². The van der Waals surface area contributed by atoms with Gasteiger partial charge in [0, 0.05) is 12.1 Å². The second kappa shape index (κ2) is 7.88. The van der Waals surface area contributed by atoms with Gasteiger partial charge in [-0.2, -0.15) is 0 Å². The van der Waals surface area contributed by atoms with Crippen molar-refractivity contribution in [2.45, 2.75) is 19.8 Å². The lowest BCUT2D eigenvalue weighted by atomic mass is 9.99. The molecular weight excluding hydrogens is 268 g/mol. The highest BCUT2D eigenvalue weighted by Crippen LogP contribution is 2.28. The predicted octanol–water partition coefficient (Wildman–Crippen LogP) is 1.82. The van der Waals surface area contributed by atoms with E-state index in [0.717, 1.165) is 13.1 Å². The molecule has 1 fully saturated rings. The summed E-state index contributed by atoms with van der Waals surface area (Å²) in [6, 6.07) is 5.26. The van der Waals surface area contributed by atoms with Crippen LogP contribution in [0.4, 0.5) is 0 Å². The summed E-state index contributed by atoms with van der Waals surface area (Å²) in [5.74, 6) is 1.70. The minimum atomic E-state index is -0.0677. The van der Waals surface area contributed by atoms with E-state index in [4.69, 9.17) is 9.47 Å². The Morgan fingerprint density at radius 2 is 2.29 bits per heavy atom. The molecule has 0 spiro atoms. The van der Waals surface area contributed by atoms with Crippen molar-refractivity contribution in [1.82, 2.24) is 10.6 Å². The highest BCUT2D eigenvalue weighted by Gasteiger charge is 2.15. The van der Waals surface area contributed by atoms with Crippen LogP contribution < -0.4 is 20.1 Å². The van der Waals surface area contributed by atoms with Gasteiger partial charge in [-0.15, -0.1) is 0 Å². The molecule has 1 saturated heterocycles. The van der Waals surface area contributed by atoms with Crippen LogP contribution in [0.15, 0.2) is 18.2 Å². The molecule has 2 rings (SSSR count). The summed E-state index contributed by atoms with van der Waals surface area (Å²) in [5.41, 5.74) is 0.596. The van der Waals surface area contributed by atoms with E-state index in [1.54, 1.807) is 25.3 Å². The first-order valence-corrected chi connectivity index (χ1v) is 7.54. The first kappa shape index (κ1) is 15.6. The average Bonchev–Trinajstić information content (AvgIpc) is 2.54. The van der Waals surface area contributed by atoms with Crippen molar-refractivity contribution < 1.29 is 14.3 Å². The van der Waals surface area contributed by atoms with E-state index in [9.17, 15) is 4.79 Å². The van der Waals surface area contributed by atoms with Gasteiger partial charge in [0.25, 0.3) is 5.91 Å². The number of nitrogens with one attached hydrogen (secondary N) is 2. The quantitative estimate of drug-likeness (QED) is 0.840. The first-order valence-electron chi connectivity index (χ1n) is 7.54. The van der Waals surface area contributed by atoms with Crippen molar-refractivity contribution in [2.75, 3.05) is 33.4 Å². The second-order valence-corrected chi connectivity index (χ2v) is 5.22. The number of piperidine rings is 1. The fourth-order valence-corrected chi connectivity index (χ4v) is 2.52. The summed E-state index contributed by atoms with van der Waals surface area (Å²) in [7, 11) is 1.58. The third-order valence-electron chi connectivity index (χ3n) is 3.68. The van der Waals surface area contributed by atoms with Crippen molar-refractivity contribution >= 4 is 5.91 Å². The van der Waals surface area contributed by atoms with Crippen LogP contribution in [0.25, 0.3) is 0 Å². The standard InChI is InChI=1S/C16H24N2O3/c1-3-21-14-7-6-13(9-15(14)20-2)16(19)18-11-12-5-4-8-17-10-12/h6-7,9,12,17H,3-5,8,10-11H2,1-2H3,(H,18,19). The van der Waals surface area contributed by atoms with Gasteiger partial charge in [-0.3, -0.25) is 4.79 Å². The Labute approximate surface area is 126 Å². The molecule has 0 radical (unpaired) electrons. The topological polar surface area (TPSA) is 59.6 Å². The SMILES string of the molecule is CCOc1ccc(C(=O)NCC2CCCNC2)cc1OC. The number of benzene rings is 1. The van der Waals surface area contributed by atoms with Crippen LogP contribution in [0, 0.1) is 5.92 Å². The maximum absolute atomic E-state index is 12.2. The molecular formula is C16H24N2O3. The van der Waals surface area contributed by atoms with Crippen molar-refractivity contribution in [1.29, 1.82) is 0 Å². The van der Waals surface area contributed by atoms with E-state index >= 15 is 0 Å². The number of methoxy groups -OCH3 is 1. The Balaban J connectivity index is 1.95. The smallest absolute Gasteiger partial charge is 0.251 e. The van der Waals surface area contributed by atoms with Crippen molar-refractivity contribution in [3.05, 3.63) is 23.8 Å². The third kappa shape index (κ3) is 4.36. The maximum atomic E-state index is 12.2. The summed E-state index contributed by atoms with van der Waals surface area (Å²) in [5, 5.41) is 6.35. The molecule has 5 nitrogen and oxygen atoms in total. The Morgan fingerprint density at radius 1 is 1.43 bits per heavy atom. The molecule has 0 aromatic heterocycles. The first-order chi connectivity index (χ1) is 10.2. The molecule has 1 aromatic rings. The molecule has 1 amide bonds. The zero-order valence-corrected chi connectivity index (χ0v) is 12.8. The Bertz CT molecular complexity index is 471. The van der Waals surface area contributed by atoms with Gasteiger partial charge in [0.2, 0.25) is 0 Å². The molecule has 1 aliphatic rings. The number of carbonyl (C=O) groups excluding carboxylic acids is 1. The second-order valence-electron chi connectivity index (χ2n) is 5.22. The molecule has 1 heterocycles. The largest absolute Gasteiger partial charge is 0.493 e. The fraction of sp³-hybridized carbons (Fsp3) is 0.562. The van der Waals surface area contributed by atoms with Crippen molar-refractivity contribution in [3.8, 4) is 11.5 Å². The lowest BCUT2D eigenvalue weighted by molar-refractivity contribution is 0.0944. The van der Waals surface area contributed by atoms with Crippen LogP contribution in [0.1, 0.15) is 30.1 Å². The van der Waals surface area contributed by atoms with E-state index in [0.29, 0.717) is 36.1 Å². The molecule has 21 heavy (non-hydrogen) atoms. The molecule has 0 bridgehead atoms. The number of hydrogen-bond donors (Lipinski definition) is 2. The average molecular weight is 292 g/mol. The van der Waals surface area contributed by atoms with Gasteiger partial charge in [-0.05, 0) is 57.0 Å². The summed E-state index contributed by atoms with van der Waals surface area (Å²) in [4.78, 5) is 12.2. The molecule has 0 aliphatic carbocycles. The molecule has 1 unspecified atom stereocenters. The molecule has 2 N–H and O–H groups in total. The lowest BCUT2D eigenvalue weighted by Crippen LogP contribution is -2.38. The molecule has 1 aliphatic heterocycles. The van der Waals surface area contributed by atoms with Crippen LogP contribution in [0.3, 0.4) is 0 Å². The zero-order valence-electron chi connectivity index (χ0n) is 12.8. The normalized spacial score (nSPS) is 18.1. The molecule has 0 saturated carbocycles. The van der Waals surface area contributed by atoms with Crippen molar-refractivity contribution in [3.63, 3.8) is 0 Å². The van der Waals surface area contributed by atoms with Gasteiger partial charge in [-0.25, -0.2) is 0 Å². The van der Waals surface area contributed by atoms with E-state index in [1.165, 1.54) is 12.8 Å². The van der Waals surface area contributed by atoms with E-state index in [-0.39, 0.29) is 5.91 Å². The number of carbonyl (C=O) groups is 1. The number of hydrogen-bond acceptors (Lipinski definition) is 4. The van der Waals surface area contributed by atoms with Gasteiger partial charge in [0.15, 0.2) is 11.5 Å². The number of rotatable bonds is 6. The molecule has 5 heteroatoms. The van der Waals surface area contributed by atoms with Crippen LogP contribution in [-0.4, -0.2) is 39.3 Å². The summed E-state index contributed by atoms with van der Waals surface area (Å²) in [6.07, 6.45) is 2.34. The monoisotopic (exact) mass is 292 g/mol. The van der Waals surface area contributed by atoms with Gasteiger partial charge in [0.1, 0.15) is 0 Å². The van der Waals surface area contributed by atoms with Gasteiger partial charge < -0.3 is 20.1 Å². The lowest BCUT2D eigenvalue weighted by Gasteiger charge is -2.22.